The van der Waals surface area contributed by atoms with Crippen LogP contribution in [0.1, 0.15) is 52.9 Å². The van der Waals surface area contributed by atoms with Gasteiger partial charge in [-0.05, 0) is 38.0 Å². The van der Waals surface area contributed by atoms with Crippen molar-refractivity contribution in [1.82, 2.24) is 35.2 Å². The van der Waals surface area contributed by atoms with E-state index in [1.807, 2.05) is 60.7 Å². The van der Waals surface area contributed by atoms with Crippen LogP contribution in [0.4, 0.5) is 45.0 Å². The van der Waals surface area contributed by atoms with E-state index in [1.54, 1.807) is 39.4 Å². The number of anilines is 7. The minimum Gasteiger partial charge on any atom is -0.444 e. The first-order chi connectivity index (χ1) is 32.4. The van der Waals surface area contributed by atoms with Crippen molar-refractivity contribution in [1.29, 1.82) is 0 Å². The van der Waals surface area contributed by atoms with Crippen LogP contribution in [0.2, 0.25) is 0 Å². The first-order valence-electron chi connectivity index (χ1n) is 21.7. The van der Waals surface area contributed by atoms with Crippen molar-refractivity contribution in [3.8, 4) is 22.5 Å². The molecule has 20 nitrogen and oxygen atoms in total. The molecule has 67 heavy (non-hydrogen) atoms. The zero-order valence-corrected chi connectivity index (χ0v) is 37.4. The van der Waals surface area contributed by atoms with E-state index in [0.29, 0.717) is 93.3 Å². The summed E-state index contributed by atoms with van der Waals surface area (Å²) in [4.78, 5) is 70.2. The van der Waals surface area contributed by atoms with Crippen molar-refractivity contribution >= 4 is 58.1 Å². The number of nitrogens with zero attached hydrogens (tertiary/aromatic N) is 8. The molecule has 0 radical (unpaired) electrons. The molecule has 2 fully saturated rings. The van der Waals surface area contributed by atoms with Gasteiger partial charge in [-0.2, -0.15) is 0 Å². The zero-order valence-electron chi connectivity index (χ0n) is 37.4. The molecule has 346 valence electrons. The fraction of sp³-hybridized carbons (Fsp3) is 0.298. The highest BCUT2D eigenvalue weighted by molar-refractivity contribution is 6.08. The summed E-state index contributed by atoms with van der Waals surface area (Å²) in [6, 6.07) is 18.8. The Balaban J connectivity index is 0.921. The van der Waals surface area contributed by atoms with Crippen LogP contribution in [-0.4, -0.2) is 106 Å². The first kappa shape index (κ1) is 45.6. The van der Waals surface area contributed by atoms with Crippen LogP contribution in [-0.2, 0) is 27.3 Å². The maximum atomic E-state index is 13.8. The van der Waals surface area contributed by atoms with Gasteiger partial charge in [0, 0.05) is 62.7 Å². The molecule has 8 rings (SSSR count). The standard InChI is InChI=1S/C47H52N14O6/c1-47(2,3)67-46(64)55-24-30-6-10-32(11-7-30)34-27-54-43(49)41(57-34)45(63)59-36-28-52-39(22-38(36)61-16-20-66-21-17-61)51-23-29-4-8-31(9-5-29)33-26-53-42(48)40(56-33)44(62)58-35-25-50-13-12-37(35)60-14-18-65-19-15-60/h4-13,22,25-28H,14-21,23-24H2,1-3H3,(H2,48,53)(H2,49,54)(H,51,52)(H,55,64)(H,58,62)(H,59,63). The summed E-state index contributed by atoms with van der Waals surface area (Å²) in [5.74, 6) is -0.486. The van der Waals surface area contributed by atoms with Crippen LogP contribution in [0, 0.1) is 0 Å². The summed E-state index contributed by atoms with van der Waals surface area (Å²) < 4.78 is 16.4. The highest BCUT2D eigenvalue weighted by Gasteiger charge is 2.23. The van der Waals surface area contributed by atoms with Gasteiger partial charge in [-0.25, -0.2) is 29.7 Å². The Labute approximate surface area is 386 Å². The Morgan fingerprint density at radius 3 is 1.70 bits per heavy atom. The quantitative estimate of drug-likeness (QED) is 0.0851. The molecule has 2 aliphatic rings. The molecule has 0 bridgehead atoms. The van der Waals surface area contributed by atoms with Crippen LogP contribution in [0.25, 0.3) is 22.5 Å². The fourth-order valence-electron chi connectivity index (χ4n) is 7.31. The van der Waals surface area contributed by atoms with E-state index in [2.05, 4.69) is 61.0 Å². The molecule has 2 aromatic carbocycles. The van der Waals surface area contributed by atoms with Gasteiger partial charge in [0.1, 0.15) is 11.4 Å². The van der Waals surface area contributed by atoms with Crippen LogP contribution >= 0.6 is 0 Å². The largest absolute Gasteiger partial charge is 0.444 e. The topological polar surface area (TPSA) is 263 Å². The average molecular weight is 909 g/mol. The Hall–Kier alpha value is -7.97. The number of nitrogen functional groups attached to an aromatic ring is 2. The lowest BCUT2D eigenvalue weighted by Gasteiger charge is -2.30. The van der Waals surface area contributed by atoms with Crippen LogP contribution in [0.15, 0.2) is 91.6 Å². The molecule has 20 heteroatoms. The Morgan fingerprint density at radius 2 is 1.16 bits per heavy atom. The molecule has 6 heterocycles. The van der Waals surface area contributed by atoms with E-state index in [0.717, 1.165) is 28.1 Å². The number of hydrogen-bond acceptors (Lipinski definition) is 17. The Kier molecular flexibility index (Phi) is 13.9. The van der Waals surface area contributed by atoms with Crippen molar-refractivity contribution in [3.63, 3.8) is 0 Å². The highest BCUT2D eigenvalue weighted by Crippen LogP contribution is 2.31. The smallest absolute Gasteiger partial charge is 0.407 e. The summed E-state index contributed by atoms with van der Waals surface area (Å²) in [7, 11) is 0. The number of carbonyl (C=O) groups excluding carboxylic acids is 3. The van der Waals surface area contributed by atoms with Gasteiger partial charge in [0.25, 0.3) is 11.8 Å². The molecule has 0 spiro atoms. The second-order valence-electron chi connectivity index (χ2n) is 16.7. The highest BCUT2D eigenvalue weighted by atomic mass is 16.6. The van der Waals surface area contributed by atoms with Crippen LogP contribution < -0.4 is 42.5 Å². The third-order valence-corrected chi connectivity index (χ3v) is 10.7. The Bertz CT molecular complexity index is 2720. The monoisotopic (exact) mass is 908 g/mol. The number of hydrogen-bond donors (Lipinski definition) is 6. The van der Waals surface area contributed by atoms with Crippen LogP contribution in [0.3, 0.4) is 0 Å². The molecular weight excluding hydrogens is 857 g/mol. The average Bonchev–Trinajstić information content (AvgIpc) is 3.34. The maximum absolute atomic E-state index is 13.8. The number of ether oxygens (including phenoxy) is 3. The van der Waals surface area contributed by atoms with Crippen LogP contribution in [0.5, 0.6) is 0 Å². The van der Waals surface area contributed by atoms with E-state index >= 15 is 0 Å². The summed E-state index contributed by atoms with van der Waals surface area (Å²) >= 11 is 0. The number of aromatic nitrogens is 6. The van der Waals surface area contributed by atoms with E-state index in [-0.39, 0.29) is 29.6 Å². The van der Waals surface area contributed by atoms with Crippen molar-refractivity contribution < 1.29 is 28.6 Å². The third kappa shape index (κ3) is 11.7. The predicted molar refractivity (Wildman–Crippen MR) is 255 cm³/mol. The minimum absolute atomic E-state index is 0.00113. The molecule has 3 amide bonds. The van der Waals surface area contributed by atoms with Crippen molar-refractivity contribution in [2.75, 3.05) is 89.8 Å². The molecule has 6 aromatic rings. The summed E-state index contributed by atoms with van der Waals surface area (Å²) in [5, 5.41) is 12.0. The summed E-state index contributed by atoms with van der Waals surface area (Å²) in [6.45, 7) is 10.9. The molecule has 8 N–H and O–H groups in total. The first-order valence-corrected chi connectivity index (χ1v) is 21.7. The number of nitrogens with two attached hydrogens (primary N) is 2. The van der Waals surface area contributed by atoms with Gasteiger partial charge in [-0.15, -0.1) is 0 Å². The number of benzene rings is 2. The molecule has 2 aliphatic heterocycles. The minimum atomic E-state index is -0.602. The van der Waals surface area contributed by atoms with Crippen molar-refractivity contribution in [3.05, 3.63) is 114 Å². The van der Waals surface area contributed by atoms with Crippen molar-refractivity contribution in [2.24, 2.45) is 0 Å². The van der Waals surface area contributed by atoms with E-state index in [4.69, 9.17) is 25.7 Å². The second kappa shape index (κ2) is 20.5. The summed E-state index contributed by atoms with van der Waals surface area (Å²) in [6.07, 6.45) is 7.41. The van der Waals surface area contributed by atoms with Gasteiger partial charge in [-0.3, -0.25) is 14.6 Å². The number of alkyl carbamates (subject to hydrolysis) is 1. The normalized spacial score (nSPS) is 14.0. The SMILES string of the molecule is CC(C)(C)OC(=O)NCc1ccc(-c2cnc(N)c(C(=O)Nc3cnc(NCc4ccc(-c5cnc(N)c(C(=O)Nc6cnccc6N6CCOCC6)n5)cc4)cc3N3CCOCC3)n2)cc1. The molecular formula is C47H52N14O6. The molecule has 4 aromatic heterocycles. The number of rotatable bonds is 13. The lowest BCUT2D eigenvalue weighted by molar-refractivity contribution is 0.0523. The number of morpholine rings is 2. The number of nitrogens with one attached hydrogen (secondary N) is 4. The van der Waals surface area contributed by atoms with Gasteiger partial charge in [0.15, 0.2) is 23.0 Å². The number of carbonyl (C=O) groups is 3. The lowest BCUT2D eigenvalue weighted by Crippen LogP contribution is -2.37. The van der Waals surface area contributed by atoms with E-state index in [1.165, 1.54) is 12.4 Å². The summed E-state index contributed by atoms with van der Waals surface area (Å²) in [5.41, 5.74) is 18.5. The number of pyridine rings is 2. The predicted octanol–water partition coefficient (Wildman–Crippen LogP) is 5.37. The third-order valence-electron chi connectivity index (χ3n) is 10.7. The maximum Gasteiger partial charge on any atom is 0.407 e. The molecule has 0 saturated carbocycles. The van der Waals surface area contributed by atoms with Gasteiger partial charge in [0.05, 0.1) is 85.4 Å². The van der Waals surface area contributed by atoms with Gasteiger partial charge in [0.2, 0.25) is 0 Å². The van der Waals surface area contributed by atoms with Gasteiger partial charge < -0.3 is 56.7 Å². The molecule has 0 unspecified atom stereocenters. The van der Waals surface area contributed by atoms with Gasteiger partial charge in [-0.1, -0.05) is 48.5 Å². The Morgan fingerprint density at radius 1 is 0.657 bits per heavy atom. The van der Waals surface area contributed by atoms with E-state index < -0.39 is 23.5 Å². The van der Waals surface area contributed by atoms with Gasteiger partial charge >= 0.3 is 6.09 Å². The molecule has 0 atom stereocenters. The second-order valence-corrected chi connectivity index (χ2v) is 16.7. The molecule has 0 aliphatic carbocycles. The van der Waals surface area contributed by atoms with Crippen molar-refractivity contribution in [2.45, 2.75) is 39.5 Å². The number of amides is 3. The zero-order chi connectivity index (χ0) is 46.9. The fourth-order valence-corrected chi connectivity index (χ4v) is 7.31. The van der Waals surface area contributed by atoms with E-state index in [9.17, 15) is 14.4 Å². The molecule has 2 saturated heterocycles. The lowest BCUT2D eigenvalue weighted by atomic mass is 10.1.